The number of carbonyl (C=O) groups excluding carboxylic acids is 1. The van der Waals surface area contributed by atoms with Gasteiger partial charge in [0.25, 0.3) is 5.91 Å². The number of halogens is 1. The van der Waals surface area contributed by atoms with Gasteiger partial charge in [0.2, 0.25) is 5.43 Å². The van der Waals surface area contributed by atoms with Crippen molar-refractivity contribution < 1.29 is 4.79 Å². The van der Waals surface area contributed by atoms with Gasteiger partial charge in [-0.2, -0.15) is 0 Å². The molecule has 1 N–H and O–H groups in total. The van der Waals surface area contributed by atoms with Crippen LogP contribution in [-0.2, 0) is 6.54 Å². The van der Waals surface area contributed by atoms with Crippen LogP contribution >= 0.6 is 11.6 Å². The summed E-state index contributed by atoms with van der Waals surface area (Å²) < 4.78 is 1.86. The molecule has 0 fully saturated rings. The number of aromatic nitrogens is 2. The summed E-state index contributed by atoms with van der Waals surface area (Å²) in [7, 11) is 0. The quantitative estimate of drug-likeness (QED) is 0.744. The summed E-state index contributed by atoms with van der Waals surface area (Å²) in [6.07, 6.45) is 2.44. The van der Waals surface area contributed by atoms with E-state index in [4.69, 9.17) is 11.6 Å². The molecule has 26 heavy (non-hydrogen) atoms. The summed E-state index contributed by atoms with van der Waals surface area (Å²) in [4.78, 5) is 30.0. The van der Waals surface area contributed by atoms with E-state index in [-0.39, 0.29) is 11.0 Å². The molecule has 1 aromatic carbocycles. The second-order valence-electron chi connectivity index (χ2n) is 6.33. The molecule has 0 aliphatic rings. The zero-order valence-electron chi connectivity index (χ0n) is 15.0. The molecule has 5 nitrogen and oxygen atoms in total. The third kappa shape index (κ3) is 3.48. The highest BCUT2D eigenvalue weighted by atomic mass is 35.5. The minimum atomic E-state index is -0.479. The molecule has 0 radical (unpaired) electrons. The molecule has 1 amide bonds. The highest BCUT2D eigenvalue weighted by Gasteiger charge is 2.17. The van der Waals surface area contributed by atoms with Gasteiger partial charge < -0.3 is 9.88 Å². The lowest BCUT2D eigenvalue weighted by Gasteiger charge is -2.13. The van der Waals surface area contributed by atoms with Gasteiger partial charge in [-0.05, 0) is 50.1 Å². The first-order chi connectivity index (χ1) is 12.4. The van der Waals surface area contributed by atoms with Gasteiger partial charge in [0.05, 0.1) is 16.1 Å². The van der Waals surface area contributed by atoms with Crippen molar-refractivity contribution in [2.24, 2.45) is 0 Å². The molecule has 134 valence electrons. The minimum Gasteiger partial charge on any atom is -0.331 e. The van der Waals surface area contributed by atoms with Crippen molar-refractivity contribution >= 4 is 34.2 Å². The Morgan fingerprint density at radius 1 is 1.23 bits per heavy atom. The van der Waals surface area contributed by atoms with E-state index in [1.807, 2.05) is 31.4 Å². The second kappa shape index (κ2) is 7.30. The highest BCUT2D eigenvalue weighted by molar-refractivity contribution is 6.34. The van der Waals surface area contributed by atoms with Gasteiger partial charge in [-0.1, -0.05) is 24.6 Å². The lowest BCUT2D eigenvalue weighted by Crippen LogP contribution is -2.24. The molecule has 0 saturated carbocycles. The van der Waals surface area contributed by atoms with Crippen molar-refractivity contribution in [1.82, 2.24) is 9.55 Å². The molecule has 2 aromatic heterocycles. The van der Waals surface area contributed by atoms with Crippen LogP contribution in [-0.4, -0.2) is 15.5 Å². The molecule has 0 saturated heterocycles. The first-order valence-corrected chi connectivity index (χ1v) is 8.86. The van der Waals surface area contributed by atoms with Crippen LogP contribution in [0.2, 0.25) is 5.02 Å². The average Bonchev–Trinajstić information content (AvgIpc) is 2.59. The number of hydrogen-bond donors (Lipinski definition) is 1. The number of benzene rings is 1. The molecule has 0 atom stereocenters. The average molecular weight is 370 g/mol. The molecule has 2 heterocycles. The number of aryl methyl sites for hydroxylation is 3. The van der Waals surface area contributed by atoms with E-state index in [2.05, 4.69) is 10.3 Å². The van der Waals surface area contributed by atoms with Gasteiger partial charge >= 0.3 is 0 Å². The number of nitrogens with one attached hydrogen (secondary N) is 1. The minimum absolute atomic E-state index is 0.0771. The largest absolute Gasteiger partial charge is 0.331 e. The Labute approximate surface area is 156 Å². The second-order valence-corrected chi connectivity index (χ2v) is 6.73. The molecule has 6 heteroatoms. The molecule has 0 aliphatic carbocycles. The molecular weight excluding hydrogens is 350 g/mol. The topological polar surface area (TPSA) is 64.0 Å². The number of pyridine rings is 2. The Hall–Kier alpha value is -2.66. The number of rotatable bonds is 4. The standard InChI is InChI=1S/C20H20ClN3O2/c1-4-9-24-11-15(18(25)14-7-6-13(3)22-19(14)24)20(26)23-17-8-5-12(2)10-16(17)21/h5-8,10-11H,4,9H2,1-3H3,(H,23,26). The van der Waals surface area contributed by atoms with E-state index in [0.29, 0.717) is 28.3 Å². The third-order valence-electron chi connectivity index (χ3n) is 4.14. The Kier molecular flexibility index (Phi) is 5.09. The summed E-state index contributed by atoms with van der Waals surface area (Å²) in [6, 6.07) is 8.84. The van der Waals surface area contributed by atoms with Crippen LogP contribution < -0.4 is 10.7 Å². The molecule has 0 spiro atoms. The first kappa shape index (κ1) is 18.1. The summed E-state index contributed by atoms with van der Waals surface area (Å²) in [6.45, 7) is 6.49. The summed E-state index contributed by atoms with van der Waals surface area (Å²) in [5, 5.41) is 3.61. The van der Waals surface area contributed by atoms with Crippen LogP contribution in [0.3, 0.4) is 0 Å². The van der Waals surface area contributed by atoms with Crippen molar-refractivity contribution in [3.05, 3.63) is 68.6 Å². The van der Waals surface area contributed by atoms with E-state index in [1.54, 1.807) is 30.5 Å². The van der Waals surface area contributed by atoms with Gasteiger partial charge in [-0.3, -0.25) is 9.59 Å². The van der Waals surface area contributed by atoms with Crippen LogP contribution in [0, 0.1) is 13.8 Å². The van der Waals surface area contributed by atoms with Crippen LogP contribution in [0.25, 0.3) is 11.0 Å². The fourth-order valence-corrected chi connectivity index (χ4v) is 3.13. The van der Waals surface area contributed by atoms with E-state index in [9.17, 15) is 9.59 Å². The van der Waals surface area contributed by atoms with E-state index in [0.717, 1.165) is 17.7 Å². The zero-order chi connectivity index (χ0) is 18.8. The van der Waals surface area contributed by atoms with E-state index >= 15 is 0 Å². The van der Waals surface area contributed by atoms with E-state index in [1.165, 1.54) is 0 Å². The number of nitrogens with zero attached hydrogens (tertiary/aromatic N) is 2. The fraction of sp³-hybridized carbons (Fsp3) is 0.250. The van der Waals surface area contributed by atoms with Gasteiger partial charge in [0, 0.05) is 18.4 Å². The predicted octanol–water partition coefficient (Wildman–Crippen LogP) is 4.33. The van der Waals surface area contributed by atoms with Crippen LogP contribution in [0.5, 0.6) is 0 Å². The fourth-order valence-electron chi connectivity index (χ4n) is 2.84. The van der Waals surface area contributed by atoms with Crippen molar-refractivity contribution in [3.63, 3.8) is 0 Å². The molecule has 0 unspecified atom stereocenters. The maximum Gasteiger partial charge on any atom is 0.261 e. The van der Waals surface area contributed by atoms with Crippen molar-refractivity contribution in [1.29, 1.82) is 0 Å². The lowest BCUT2D eigenvalue weighted by atomic mass is 10.1. The SMILES string of the molecule is CCCn1cc(C(=O)Nc2ccc(C)cc2Cl)c(=O)c2ccc(C)nc21. The maximum atomic E-state index is 12.8. The smallest absolute Gasteiger partial charge is 0.261 e. The Balaban J connectivity index is 2.09. The third-order valence-corrected chi connectivity index (χ3v) is 4.46. The van der Waals surface area contributed by atoms with Crippen LogP contribution in [0.1, 0.15) is 35.0 Å². The number of hydrogen-bond acceptors (Lipinski definition) is 3. The lowest BCUT2D eigenvalue weighted by molar-refractivity contribution is 0.102. The molecule has 0 bridgehead atoms. The normalized spacial score (nSPS) is 10.9. The summed E-state index contributed by atoms with van der Waals surface area (Å²) >= 11 is 6.19. The number of fused-ring (bicyclic) bond motifs is 1. The van der Waals surface area contributed by atoms with Crippen molar-refractivity contribution in [3.8, 4) is 0 Å². The van der Waals surface area contributed by atoms with Crippen molar-refractivity contribution in [2.45, 2.75) is 33.7 Å². The van der Waals surface area contributed by atoms with Crippen molar-refractivity contribution in [2.75, 3.05) is 5.32 Å². The molecule has 3 rings (SSSR count). The monoisotopic (exact) mass is 369 g/mol. The Morgan fingerprint density at radius 3 is 2.69 bits per heavy atom. The number of carbonyl (C=O) groups is 1. The molecule has 0 aliphatic heterocycles. The maximum absolute atomic E-state index is 12.8. The molecule has 3 aromatic rings. The first-order valence-electron chi connectivity index (χ1n) is 8.49. The summed E-state index contributed by atoms with van der Waals surface area (Å²) in [5.41, 5.74) is 2.64. The van der Waals surface area contributed by atoms with Gasteiger partial charge in [-0.15, -0.1) is 0 Å². The van der Waals surface area contributed by atoms with Gasteiger partial charge in [-0.25, -0.2) is 4.98 Å². The van der Waals surface area contributed by atoms with E-state index < -0.39 is 5.91 Å². The van der Waals surface area contributed by atoms with Crippen LogP contribution in [0.4, 0.5) is 5.69 Å². The highest BCUT2D eigenvalue weighted by Crippen LogP contribution is 2.23. The molecular formula is C20H20ClN3O2. The summed E-state index contributed by atoms with van der Waals surface area (Å²) in [5.74, 6) is -0.479. The Morgan fingerprint density at radius 2 is 2.00 bits per heavy atom. The van der Waals surface area contributed by atoms with Crippen LogP contribution in [0.15, 0.2) is 41.3 Å². The predicted molar refractivity (Wildman–Crippen MR) is 105 cm³/mol. The number of anilines is 1. The zero-order valence-corrected chi connectivity index (χ0v) is 15.7. The Bertz CT molecular complexity index is 1060. The van der Waals surface area contributed by atoms with Gasteiger partial charge in [0.1, 0.15) is 11.2 Å². The van der Waals surface area contributed by atoms with Gasteiger partial charge in [0.15, 0.2) is 0 Å². The number of amides is 1.